The number of nitro groups is 1. The summed E-state index contributed by atoms with van der Waals surface area (Å²) in [4.78, 5) is 22.6. The van der Waals surface area contributed by atoms with E-state index in [4.69, 9.17) is 0 Å². The van der Waals surface area contributed by atoms with Crippen LogP contribution in [0.1, 0.15) is 11.1 Å². The van der Waals surface area contributed by atoms with Crippen LogP contribution in [-0.2, 0) is 4.79 Å². The Bertz CT molecular complexity index is 1020. The predicted octanol–water partition coefficient (Wildman–Crippen LogP) is 4.54. The normalized spacial score (nSPS) is 10.5. The van der Waals surface area contributed by atoms with Crippen molar-refractivity contribution in [3.05, 3.63) is 63.7 Å². The van der Waals surface area contributed by atoms with Crippen molar-refractivity contribution in [3.8, 4) is 0 Å². The second kappa shape index (κ2) is 8.81. The third-order valence-corrected chi connectivity index (χ3v) is 5.80. The number of anilines is 3. The van der Waals surface area contributed by atoms with Crippen molar-refractivity contribution in [2.24, 2.45) is 0 Å². The van der Waals surface area contributed by atoms with E-state index >= 15 is 0 Å². The molecule has 0 radical (unpaired) electrons. The molecule has 1 heterocycles. The van der Waals surface area contributed by atoms with Crippen molar-refractivity contribution in [2.45, 2.75) is 18.2 Å². The summed E-state index contributed by atoms with van der Waals surface area (Å²) in [6.07, 6.45) is 0. The van der Waals surface area contributed by atoms with E-state index in [9.17, 15) is 14.9 Å². The highest BCUT2D eigenvalue weighted by atomic mass is 32.2. The van der Waals surface area contributed by atoms with Crippen LogP contribution in [0, 0.1) is 24.0 Å². The average molecular weight is 416 g/mol. The first-order valence-electron chi connectivity index (χ1n) is 8.26. The molecular formula is C18H17N5O3S2. The molecule has 3 aromatic rings. The minimum Gasteiger partial charge on any atom is -0.330 e. The topological polar surface area (TPSA) is 110 Å². The first-order chi connectivity index (χ1) is 13.4. The molecule has 1 aromatic heterocycles. The Morgan fingerprint density at radius 1 is 1.14 bits per heavy atom. The summed E-state index contributed by atoms with van der Waals surface area (Å²) in [5.41, 5.74) is 3.17. The van der Waals surface area contributed by atoms with Crippen LogP contribution in [-0.4, -0.2) is 26.8 Å². The Labute approximate surface area is 169 Å². The highest BCUT2D eigenvalue weighted by Gasteiger charge is 2.13. The Hall–Kier alpha value is -2.98. The number of nitro benzene ring substituents is 1. The maximum atomic E-state index is 12.2. The van der Waals surface area contributed by atoms with Crippen LogP contribution < -0.4 is 10.6 Å². The summed E-state index contributed by atoms with van der Waals surface area (Å²) in [7, 11) is 0. The molecule has 3 rings (SSSR count). The molecule has 0 aliphatic heterocycles. The van der Waals surface area contributed by atoms with Gasteiger partial charge in [-0.05, 0) is 31.0 Å². The van der Waals surface area contributed by atoms with Crippen molar-refractivity contribution in [1.82, 2.24) is 10.2 Å². The van der Waals surface area contributed by atoms with Gasteiger partial charge in [0.1, 0.15) is 0 Å². The Morgan fingerprint density at radius 2 is 1.89 bits per heavy atom. The predicted molar refractivity (Wildman–Crippen MR) is 112 cm³/mol. The van der Waals surface area contributed by atoms with Crippen molar-refractivity contribution >= 4 is 51.2 Å². The monoisotopic (exact) mass is 415 g/mol. The smallest absolute Gasteiger partial charge is 0.271 e. The molecule has 0 aliphatic carbocycles. The lowest BCUT2D eigenvalue weighted by Crippen LogP contribution is -2.15. The standard InChI is InChI=1S/C18H17N5O3S2/c1-11-5-3-4-6-14(11)20-17-21-22-18(28-17)27-10-16(24)19-15-9-13(23(25)26)8-7-12(15)2/h3-9H,10H2,1-2H3,(H,19,24)(H,20,21). The largest absolute Gasteiger partial charge is 0.330 e. The molecule has 0 unspecified atom stereocenters. The minimum absolute atomic E-state index is 0.0652. The highest BCUT2D eigenvalue weighted by molar-refractivity contribution is 8.01. The molecular weight excluding hydrogens is 398 g/mol. The zero-order valence-electron chi connectivity index (χ0n) is 15.1. The van der Waals surface area contributed by atoms with Crippen molar-refractivity contribution in [3.63, 3.8) is 0 Å². The number of hydrogen-bond donors (Lipinski definition) is 2. The summed E-state index contributed by atoms with van der Waals surface area (Å²) >= 11 is 2.61. The van der Waals surface area contributed by atoms with Crippen LogP contribution >= 0.6 is 23.1 Å². The van der Waals surface area contributed by atoms with Gasteiger partial charge in [-0.3, -0.25) is 14.9 Å². The molecule has 0 saturated carbocycles. The molecule has 0 aliphatic rings. The summed E-state index contributed by atoms with van der Waals surface area (Å²) in [6, 6.07) is 12.2. The van der Waals surface area contributed by atoms with Gasteiger partial charge in [-0.25, -0.2) is 0 Å². The minimum atomic E-state index is -0.492. The SMILES string of the molecule is Cc1ccc([N+](=O)[O-])cc1NC(=O)CSc1nnc(Nc2ccccc2C)s1. The number of carbonyl (C=O) groups excluding carboxylic acids is 1. The van der Waals surface area contributed by atoms with E-state index in [0.29, 0.717) is 15.2 Å². The molecule has 2 aromatic carbocycles. The molecule has 0 bridgehead atoms. The maximum Gasteiger partial charge on any atom is 0.271 e. The van der Waals surface area contributed by atoms with E-state index in [1.807, 2.05) is 31.2 Å². The number of rotatable bonds is 7. The molecule has 0 saturated heterocycles. The Morgan fingerprint density at radius 3 is 2.64 bits per heavy atom. The lowest BCUT2D eigenvalue weighted by atomic mass is 10.2. The number of nitrogens with one attached hydrogen (secondary N) is 2. The number of non-ortho nitro benzene ring substituents is 1. The van der Waals surface area contributed by atoms with Crippen LogP contribution in [0.3, 0.4) is 0 Å². The molecule has 0 atom stereocenters. The average Bonchev–Trinajstić information content (AvgIpc) is 3.11. The number of benzene rings is 2. The van der Waals surface area contributed by atoms with Gasteiger partial charge in [-0.1, -0.05) is 47.4 Å². The van der Waals surface area contributed by atoms with Crippen LogP contribution in [0.4, 0.5) is 22.2 Å². The number of para-hydroxylation sites is 1. The first kappa shape index (κ1) is 19.8. The zero-order chi connectivity index (χ0) is 20.1. The summed E-state index contributed by atoms with van der Waals surface area (Å²) < 4.78 is 0.655. The van der Waals surface area contributed by atoms with Crippen LogP contribution in [0.2, 0.25) is 0 Å². The van der Waals surface area contributed by atoms with Crippen LogP contribution in [0.15, 0.2) is 46.8 Å². The number of carbonyl (C=O) groups is 1. The molecule has 8 nitrogen and oxygen atoms in total. The highest BCUT2D eigenvalue weighted by Crippen LogP contribution is 2.29. The number of thioether (sulfide) groups is 1. The van der Waals surface area contributed by atoms with Crippen LogP contribution in [0.25, 0.3) is 0 Å². The Kier molecular flexibility index (Phi) is 6.22. The van der Waals surface area contributed by atoms with Gasteiger partial charge in [0.25, 0.3) is 5.69 Å². The first-order valence-corrected chi connectivity index (χ1v) is 10.1. The quantitative estimate of drug-likeness (QED) is 0.331. The van der Waals surface area contributed by atoms with Crippen molar-refractivity contribution < 1.29 is 9.72 Å². The fourth-order valence-electron chi connectivity index (χ4n) is 2.32. The molecule has 1 amide bonds. The molecule has 28 heavy (non-hydrogen) atoms. The van der Waals surface area contributed by atoms with E-state index in [1.54, 1.807) is 13.0 Å². The van der Waals surface area contributed by atoms with E-state index < -0.39 is 4.92 Å². The number of aryl methyl sites for hydroxylation is 2. The van der Waals surface area contributed by atoms with E-state index in [1.165, 1.54) is 35.2 Å². The number of nitrogens with zero attached hydrogens (tertiary/aromatic N) is 3. The van der Waals surface area contributed by atoms with Crippen molar-refractivity contribution in [1.29, 1.82) is 0 Å². The fraction of sp³-hybridized carbons (Fsp3) is 0.167. The lowest BCUT2D eigenvalue weighted by Gasteiger charge is -2.07. The van der Waals surface area contributed by atoms with Crippen molar-refractivity contribution in [2.75, 3.05) is 16.4 Å². The fourth-order valence-corrected chi connectivity index (χ4v) is 3.88. The van der Waals surface area contributed by atoms with E-state index in [2.05, 4.69) is 20.8 Å². The van der Waals surface area contributed by atoms with Gasteiger partial charge in [-0.2, -0.15) is 0 Å². The summed E-state index contributed by atoms with van der Waals surface area (Å²) in [5, 5.41) is 25.6. The molecule has 144 valence electrons. The van der Waals surface area contributed by atoms with Gasteiger partial charge >= 0.3 is 0 Å². The van der Waals surface area contributed by atoms with Gasteiger partial charge < -0.3 is 10.6 Å². The maximum absolute atomic E-state index is 12.2. The van der Waals surface area contributed by atoms with E-state index in [-0.39, 0.29) is 17.3 Å². The van der Waals surface area contributed by atoms with Gasteiger partial charge in [0.15, 0.2) is 4.34 Å². The van der Waals surface area contributed by atoms with Gasteiger partial charge in [-0.15, -0.1) is 10.2 Å². The number of aromatic nitrogens is 2. The third kappa shape index (κ3) is 5.05. The molecule has 0 fully saturated rings. The second-order valence-corrected chi connectivity index (χ2v) is 8.11. The van der Waals surface area contributed by atoms with Gasteiger partial charge in [0, 0.05) is 17.8 Å². The second-order valence-electron chi connectivity index (χ2n) is 5.91. The van der Waals surface area contributed by atoms with E-state index in [0.717, 1.165) is 16.8 Å². The van der Waals surface area contributed by atoms with Crippen LogP contribution in [0.5, 0.6) is 0 Å². The van der Waals surface area contributed by atoms with Gasteiger partial charge in [0.05, 0.1) is 16.4 Å². The zero-order valence-corrected chi connectivity index (χ0v) is 16.8. The summed E-state index contributed by atoms with van der Waals surface area (Å²) in [5.74, 6) is -0.140. The third-order valence-electron chi connectivity index (χ3n) is 3.83. The lowest BCUT2D eigenvalue weighted by molar-refractivity contribution is -0.384. The molecule has 10 heteroatoms. The van der Waals surface area contributed by atoms with Gasteiger partial charge in [0.2, 0.25) is 11.0 Å². The molecule has 0 spiro atoms. The Balaban J connectivity index is 1.57. The molecule has 2 N–H and O–H groups in total. The number of amides is 1. The number of hydrogen-bond acceptors (Lipinski definition) is 8. The summed E-state index contributed by atoms with van der Waals surface area (Å²) in [6.45, 7) is 3.78.